The van der Waals surface area contributed by atoms with Crippen LogP contribution in [-0.2, 0) is 4.79 Å². The molecule has 0 radical (unpaired) electrons. The van der Waals surface area contributed by atoms with E-state index >= 15 is 0 Å². The molecule has 7 heteroatoms. The fourth-order valence-electron chi connectivity index (χ4n) is 2.12. The van der Waals surface area contributed by atoms with E-state index in [0.29, 0.717) is 18.8 Å². The minimum atomic E-state index is -1.09. The summed E-state index contributed by atoms with van der Waals surface area (Å²) in [6, 6.07) is 4.28. The first-order valence-electron chi connectivity index (χ1n) is 6.69. The van der Waals surface area contributed by atoms with Crippen molar-refractivity contribution in [3.8, 4) is 5.75 Å². The Kier molecular flexibility index (Phi) is 4.64. The van der Waals surface area contributed by atoms with E-state index in [1.807, 2.05) is 7.05 Å². The largest absolute Gasteiger partial charge is 0.484 e. The lowest BCUT2D eigenvalue weighted by Crippen LogP contribution is -2.48. The average Bonchev–Trinajstić information content (AvgIpc) is 2.45. The van der Waals surface area contributed by atoms with Gasteiger partial charge in [-0.2, -0.15) is 0 Å². The Morgan fingerprint density at radius 1 is 1.29 bits per heavy atom. The van der Waals surface area contributed by atoms with Crippen molar-refractivity contribution in [3.63, 3.8) is 0 Å². The molecule has 1 saturated heterocycles. The molecule has 1 aromatic rings. The number of hydrogen-bond donors (Lipinski definition) is 2. The highest BCUT2D eigenvalue weighted by molar-refractivity contribution is 5.93. The van der Waals surface area contributed by atoms with E-state index in [-0.39, 0.29) is 23.8 Å². The number of amides is 1. The monoisotopic (exact) mass is 293 g/mol. The van der Waals surface area contributed by atoms with Crippen LogP contribution in [0.2, 0.25) is 0 Å². The van der Waals surface area contributed by atoms with Gasteiger partial charge >= 0.3 is 5.97 Å². The van der Waals surface area contributed by atoms with Gasteiger partial charge in [0.15, 0.2) is 6.61 Å². The van der Waals surface area contributed by atoms with Crippen molar-refractivity contribution in [2.45, 2.75) is 0 Å². The summed E-state index contributed by atoms with van der Waals surface area (Å²) < 4.78 is 5.39. The first kappa shape index (κ1) is 15.1. The average molecular weight is 293 g/mol. The van der Waals surface area contributed by atoms with E-state index in [0.717, 1.165) is 13.1 Å². The maximum atomic E-state index is 12.0. The molecule has 0 aromatic heterocycles. The predicted octanol–water partition coefficient (Wildman–Crippen LogP) is 0.120. The molecule has 1 aliphatic rings. The lowest BCUT2D eigenvalue weighted by Gasteiger charge is -2.32. The molecular formula is C14H19N3O4. The van der Waals surface area contributed by atoms with Gasteiger partial charge in [-0.3, -0.25) is 4.79 Å². The first-order valence-corrected chi connectivity index (χ1v) is 6.69. The highest BCUT2D eigenvalue weighted by Gasteiger charge is 2.19. The minimum Gasteiger partial charge on any atom is -0.484 e. The molecule has 0 aliphatic carbocycles. The summed E-state index contributed by atoms with van der Waals surface area (Å²) in [4.78, 5) is 26.8. The lowest BCUT2D eigenvalue weighted by molar-refractivity contribution is -0.134. The number of likely N-dealkylation sites (N-methyl/N-ethyl adjacent to an activating group) is 1. The van der Waals surface area contributed by atoms with Crippen LogP contribution in [0.25, 0.3) is 0 Å². The lowest BCUT2D eigenvalue weighted by atomic mass is 10.2. The SMILES string of the molecule is CN1CCN(C(=O)COc2ccc(C(=O)O)c(N)c2)CC1. The maximum absolute atomic E-state index is 12.0. The molecule has 0 saturated carbocycles. The number of hydrogen-bond acceptors (Lipinski definition) is 5. The molecule has 114 valence electrons. The number of anilines is 1. The van der Waals surface area contributed by atoms with E-state index in [4.69, 9.17) is 15.6 Å². The highest BCUT2D eigenvalue weighted by atomic mass is 16.5. The quantitative estimate of drug-likeness (QED) is 0.766. The molecule has 0 unspecified atom stereocenters. The van der Waals surface area contributed by atoms with Crippen molar-refractivity contribution in [2.75, 3.05) is 45.6 Å². The molecule has 1 fully saturated rings. The highest BCUT2D eigenvalue weighted by Crippen LogP contribution is 2.20. The van der Waals surface area contributed by atoms with Crippen LogP contribution in [0.5, 0.6) is 5.75 Å². The Balaban J connectivity index is 1.89. The number of rotatable bonds is 4. The Hall–Kier alpha value is -2.28. The third-order valence-corrected chi connectivity index (χ3v) is 3.47. The second-order valence-electron chi connectivity index (χ2n) is 5.03. The summed E-state index contributed by atoms with van der Waals surface area (Å²) in [6.07, 6.45) is 0. The molecule has 1 amide bonds. The molecular weight excluding hydrogens is 274 g/mol. The molecule has 0 atom stereocenters. The van der Waals surface area contributed by atoms with Gasteiger partial charge in [-0.25, -0.2) is 4.79 Å². The van der Waals surface area contributed by atoms with Crippen molar-refractivity contribution in [1.29, 1.82) is 0 Å². The molecule has 21 heavy (non-hydrogen) atoms. The summed E-state index contributed by atoms with van der Waals surface area (Å²) in [7, 11) is 2.02. The maximum Gasteiger partial charge on any atom is 0.337 e. The van der Waals surface area contributed by atoms with Gasteiger partial charge in [-0.15, -0.1) is 0 Å². The van der Waals surface area contributed by atoms with Crippen molar-refractivity contribution >= 4 is 17.6 Å². The molecule has 1 aromatic carbocycles. The Morgan fingerprint density at radius 3 is 2.52 bits per heavy atom. The second kappa shape index (κ2) is 6.45. The van der Waals surface area contributed by atoms with Crippen LogP contribution in [0.1, 0.15) is 10.4 Å². The predicted molar refractivity (Wildman–Crippen MR) is 77.4 cm³/mol. The van der Waals surface area contributed by atoms with Crippen molar-refractivity contribution < 1.29 is 19.4 Å². The number of carbonyl (C=O) groups is 2. The molecule has 2 rings (SSSR count). The van der Waals surface area contributed by atoms with Gasteiger partial charge in [-0.1, -0.05) is 0 Å². The van der Waals surface area contributed by atoms with Crippen LogP contribution in [0.4, 0.5) is 5.69 Å². The molecule has 1 heterocycles. The van der Waals surface area contributed by atoms with Gasteiger partial charge in [0, 0.05) is 37.9 Å². The number of ether oxygens (including phenoxy) is 1. The fraction of sp³-hybridized carbons (Fsp3) is 0.429. The first-order chi connectivity index (χ1) is 9.97. The zero-order chi connectivity index (χ0) is 15.4. The number of carboxylic acids is 1. The van der Waals surface area contributed by atoms with Crippen molar-refractivity contribution in [3.05, 3.63) is 23.8 Å². The number of carboxylic acid groups (broad SMARTS) is 1. The number of benzene rings is 1. The van der Waals surface area contributed by atoms with Gasteiger partial charge in [0.2, 0.25) is 0 Å². The third kappa shape index (κ3) is 3.85. The topological polar surface area (TPSA) is 96.1 Å². The number of carbonyl (C=O) groups excluding carboxylic acids is 1. The van der Waals surface area contributed by atoms with Crippen molar-refractivity contribution in [2.24, 2.45) is 0 Å². The summed E-state index contributed by atoms with van der Waals surface area (Å²) >= 11 is 0. The van der Waals surface area contributed by atoms with Gasteiger partial charge in [-0.05, 0) is 19.2 Å². The van der Waals surface area contributed by atoms with Gasteiger partial charge in [0.05, 0.1) is 5.56 Å². The Labute approximate surface area is 122 Å². The zero-order valence-corrected chi connectivity index (χ0v) is 11.9. The second-order valence-corrected chi connectivity index (χ2v) is 5.03. The summed E-state index contributed by atoms with van der Waals surface area (Å²) in [5.74, 6) is -0.781. The minimum absolute atomic E-state index is 0.0211. The molecule has 0 spiro atoms. The zero-order valence-electron chi connectivity index (χ0n) is 11.9. The Morgan fingerprint density at radius 2 is 1.95 bits per heavy atom. The number of nitrogens with zero attached hydrogens (tertiary/aromatic N) is 2. The van der Waals surface area contributed by atoms with Crippen LogP contribution in [-0.4, -0.2) is 66.6 Å². The standard InChI is InChI=1S/C14H19N3O4/c1-16-4-6-17(7-5-16)13(18)9-21-10-2-3-11(14(19)20)12(15)8-10/h2-3,8H,4-7,9,15H2,1H3,(H,19,20). The van der Waals surface area contributed by atoms with Crippen LogP contribution < -0.4 is 10.5 Å². The summed E-state index contributed by atoms with van der Waals surface area (Å²) in [5, 5.41) is 8.88. The van der Waals surface area contributed by atoms with Crippen molar-refractivity contribution in [1.82, 2.24) is 9.80 Å². The number of nitrogens with two attached hydrogens (primary N) is 1. The van der Waals surface area contributed by atoms with Crippen LogP contribution >= 0.6 is 0 Å². The molecule has 7 nitrogen and oxygen atoms in total. The fourth-order valence-corrected chi connectivity index (χ4v) is 2.12. The Bertz CT molecular complexity index is 539. The number of nitrogen functional groups attached to an aromatic ring is 1. The third-order valence-electron chi connectivity index (χ3n) is 3.47. The smallest absolute Gasteiger partial charge is 0.337 e. The normalized spacial score (nSPS) is 15.8. The van der Waals surface area contributed by atoms with Gasteiger partial charge in [0.25, 0.3) is 5.91 Å². The van der Waals surface area contributed by atoms with Crippen LogP contribution in [0, 0.1) is 0 Å². The number of aromatic carboxylic acids is 1. The van der Waals surface area contributed by atoms with E-state index in [1.165, 1.54) is 18.2 Å². The van der Waals surface area contributed by atoms with E-state index in [1.54, 1.807) is 4.90 Å². The molecule has 0 bridgehead atoms. The van der Waals surface area contributed by atoms with E-state index in [2.05, 4.69) is 4.90 Å². The summed E-state index contributed by atoms with van der Waals surface area (Å²) in [6.45, 7) is 3.02. The number of piperazine rings is 1. The molecule has 1 aliphatic heterocycles. The van der Waals surface area contributed by atoms with Gasteiger partial charge in [0.1, 0.15) is 5.75 Å². The molecule has 3 N–H and O–H groups in total. The van der Waals surface area contributed by atoms with E-state index in [9.17, 15) is 9.59 Å². The van der Waals surface area contributed by atoms with Gasteiger partial charge < -0.3 is 25.4 Å². The van der Waals surface area contributed by atoms with E-state index < -0.39 is 5.97 Å². The van der Waals surface area contributed by atoms with Crippen LogP contribution in [0.15, 0.2) is 18.2 Å². The summed E-state index contributed by atoms with van der Waals surface area (Å²) in [5.41, 5.74) is 5.76. The van der Waals surface area contributed by atoms with Crippen LogP contribution in [0.3, 0.4) is 0 Å².